The van der Waals surface area contributed by atoms with Gasteiger partial charge in [0.05, 0.1) is 5.41 Å². The van der Waals surface area contributed by atoms with E-state index in [0.29, 0.717) is 37.1 Å². The van der Waals surface area contributed by atoms with Gasteiger partial charge in [-0.15, -0.1) is 0 Å². The third-order valence-electron chi connectivity index (χ3n) is 7.01. The number of hydrogen-bond donors (Lipinski definition) is 1. The summed E-state index contributed by atoms with van der Waals surface area (Å²) in [5, 5.41) is 7.25. The number of nitrogens with one attached hydrogen (secondary N) is 1. The molecule has 1 aromatic rings. The van der Waals surface area contributed by atoms with E-state index in [-0.39, 0.29) is 35.8 Å². The number of fused-ring (bicyclic) bond motifs is 1. The summed E-state index contributed by atoms with van der Waals surface area (Å²) in [6.45, 7) is 3.06. The number of amides is 2. The summed E-state index contributed by atoms with van der Waals surface area (Å²) in [7, 11) is 1.53. The van der Waals surface area contributed by atoms with Crippen molar-refractivity contribution >= 4 is 11.8 Å². The molecule has 2 amide bonds. The van der Waals surface area contributed by atoms with Crippen LogP contribution in [0.2, 0.25) is 0 Å². The Labute approximate surface area is 171 Å². The number of aryl methyl sites for hydroxylation is 1. The van der Waals surface area contributed by atoms with Gasteiger partial charge in [-0.2, -0.15) is 4.98 Å². The minimum absolute atomic E-state index is 0.0182. The first-order valence-corrected chi connectivity index (χ1v) is 10.9. The summed E-state index contributed by atoms with van der Waals surface area (Å²) >= 11 is 0. The fourth-order valence-corrected chi connectivity index (χ4v) is 5.66. The number of methoxy groups -OCH3 is 1. The van der Waals surface area contributed by atoms with E-state index >= 15 is 0 Å². The number of ether oxygens (including phenoxy) is 1. The minimum Gasteiger partial charge on any atom is -0.375 e. The molecule has 3 fully saturated rings. The summed E-state index contributed by atoms with van der Waals surface area (Å²) in [4.78, 5) is 31.4. The monoisotopic (exact) mass is 404 g/mol. The smallest absolute Gasteiger partial charge is 0.248 e. The highest BCUT2D eigenvalue weighted by Gasteiger charge is 2.58. The molecule has 1 aromatic heterocycles. The Bertz CT molecular complexity index is 745. The van der Waals surface area contributed by atoms with Crippen molar-refractivity contribution in [1.82, 2.24) is 20.4 Å². The summed E-state index contributed by atoms with van der Waals surface area (Å²) < 4.78 is 10.6. The van der Waals surface area contributed by atoms with Crippen molar-refractivity contribution in [3.05, 3.63) is 11.7 Å². The largest absolute Gasteiger partial charge is 0.375 e. The van der Waals surface area contributed by atoms with E-state index in [1.54, 1.807) is 6.92 Å². The lowest BCUT2D eigenvalue weighted by Gasteiger charge is -2.26. The molecule has 8 heteroatoms. The number of carbonyl (C=O) groups is 2. The van der Waals surface area contributed by atoms with Crippen LogP contribution in [0.4, 0.5) is 0 Å². The molecule has 160 valence electrons. The highest BCUT2D eigenvalue weighted by Crippen LogP contribution is 2.50. The molecular weight excluding hydrogens is 372 g/mol. The number of carbonyl (C=O) groups excluding carboxylic acids is 2. The van der Waals surface area contributed by atoms with Crippen LogP contribution in [0.25, 0.3) is 0 Å². The molecule has 4 rings (SSSR count). The number of aromatic nitrogens is 2. The highest BCUT2D eigenvalue weighted by atomic mass is 16.5. The first kappa shape index (κ1) is 20.3. The average molecular weight is 405 g/mol. The van der Waals surface area contributed by atoms with Crippen LogP contribution in [0.1, 0.15) is 63.1 Å². The van der Waals surface area contributed by atoms with Gasteiger partial charge in [-0.3, -0.25) is 9.59 Å². The van der Waals surface area contributed by atoms with E-state index in [0.717, 1.165) is 12.8 Å². The van der Waals surface area contributed by atoms with Crippen LogP contribution >= 0.6 is 0 Å². The average Bonchev–Trinajstić information content (AvgIpc) is 3.35. The molecule has 1 saturated heterocycles. The SMILES string of the molecule is COCC(=O)N1CC2C[C@@H](NC(=O)CC3CCCCC3)C[C@]2(c2nc(C)no2)C1. The van der Waals surface area contributed by atoms with Gasteiger partial charge in [0, 0.05) is 32.7 Å². The molecule has 0 radical (unpaired) electrons. The third kappa shape index (κ3) is 4.17. The number of likely N-dealkylation sites (tertiary alicyclic amines) is 1. The standard InChI is InChI=1S/C21H32N4O4/c1-14-22-20(29-24-14)21-10-17(23-18(26)8-15-6-4-3-5-7-15)9-16(21)11-25(13-21)19(27)12-28-2/h15-17H,3-13H2,1-2H3,(H,23,26)/t16?,17-,21+/m1/s1. The summed E-state index contributed by atoms with van der Waals surface area (Å²) in [6, 6.07) is 0.0861. The molecule has 1 unspecified atom stereocenters. The Hall–Kier alpha value is -1.96. The molecular formula is C21H32N4O4. The Morgan fingerprint density at radius 3 is 2.79 bits per heavy atom. The maximum absolute atomic E-state index is 12.6. The summed E-state index contributed by atoms with van der Waals surface area (Å²) in [5.74, 6) is 2.06. The zero-order valence-electron chi connectivity index (χ0n) is 17.5. The molecule has 0 spiro atoms. The van der Waals surface area contributed by atoms with E-state index in [4.69, 9.17) is 9.26 Å². The van der Waals surface area contributed by atoms with E-state index < -0.39 is 0 Å². The first-order chi connectivity index (χ1) is 14.0. The molecule has 2 saturated carbocycles. The van der Waals surface area contributed by atoms with Gasteiger partial charge in [0.2, 0.25) is 17.7 Å². The van der Waals surface area contributed by atoms with E-state index in [2.05, 4.69) is 15.5 Å². The zero-order chi connectivity index (χ0) is 20.4. The summed E-state index contributed by atoms with van der Waals surface area (Å²) in [5.41, 5.74) is -0.382. The number of nitrogens with zero attached hydrogens (tertiary/aromatic N) is 3. The first-order valence-electron chi connectivity index (χ1n) is 10.9. The Balaban J connectivity index is 1.44. The van der Waals surface area contributed by atoms with Crippen LogP contribution in [0.5, 0.6) is 0 Å². The van der Waals surface area contributed by atoms with Crippen molar-refractivity contribution < 1.29 is 18.8 Å². The third-order valence-corrected chi connectivity index (χ3v) is 7.01. The van der Waals surface area contributed by atoms with Gasteiger partial charge in [0.1, 0.15) is 6.61 Å². The van der Waals surface area contributed by atoms with E-state index in [9.17, 15) is 9.59 Å². The van der Waals surface area contributed by atoms with Gasteiger partial charge in [0.25, 0.3) is 0 Å². The number of rotatable bonds is 6. The van der Waals surface area contributed by atoms with Gasteiger partial charge in [-0.25, -0.2) is 0 Å². The van der Waals surface area contributed by atoms with Crippen molar-refractivity contribution in [3.8, 4) is 0 Å². The fraction of sp³-hybridized carbons (Fsp3) is 0.810. The van der Waals surface area contributed by atoms with Gasteiger partial charge in [-0.1, -0.05) is 24.4 Å². The lowest BCUT2D eigenvalue weighted by atomic mass is 9.80. The molecule has 3 aliphatic rings. The van der Waals surface area contributed by atoms with Crippen LogP contribution in [0.15, 0.2) is 4.52 Å². The van der Waals surface area contributed by atoms with E-state index in [1.165, 1.54) is 39.2 Å². The van der Waals surface area contributed by atoms with Crippen LogP contribution < -0.4 is 5.32 Å². The summed E-state index contributed by atoms with van der Waals surface area (Å²) in [6.07, 6.45) is 8.31. The van der Waals surface area contributed by atoms with Crippen LogP contribution in [0.3, 0.4) is 0 Å². The van der Waals surface area contributed by atoms with Gasteiger partial charge in [0.15, 0.2) is 5.82 Å². The quantitative estimate of drug-likeness (QED) is 0.778. The predicted molar refractivity (Wildman–Crippen MR) is 105 cm³/mol. The lowest BCUT2D eigenvalue weighted by Crippen LogP contribution is -2.40. The molecule has 29 heavy (non-hydrogen) atoms. The fourth-order valence-electron chi connectivity index (χ4n) is 5.66. The second-order valence-corrected chi connectivity index (χ2v) is 9.12. The zero-order valence-corrected chi connectivity index (χ0v) is 17.5. The van der Waals surface area contributed by atoms with Crippen LogP contribution in [-0.4, -0.2) is 59.7 Å². The Morgan fingerprint density at radius 2 is 2.10 bits per heavy atom. The number of hydrogen-bond acceptors (Lipinski definition) is 6. The van der Waals surface area contributed by atoms with Crippen LogP contribution in [0, 0.1) is 18.8 Å². The second kappa shape index (κ2) is 8.42. The molecule has 2 aliphatic carbocycles. The maximum atomic E-state index is 12.6. The minimum atomic E-state index is -0.382. The predicted octanol–water partition coefficient (Wildman–Crippen LogP) is 1.97. The molecule has 0 bridgehead atoms. The topological polar surface area (TPSA) is 97.6 Å². The highest BCUT2D eigenvalue weighted by molar-refractivity contribution is 5.78. The molecule has 0 aromatic carbocycles. The molecule has 1 N–H and O–H groups in total. The maximum Gasteiger partial charge on any atom is 0.248 e. The van der Waals surface area contributed by atoms with Crippen molar-refractivity contribution in [3.63, 3.8) is 0 Å². The van der Waals surface area contributed by atoms with Crippen molar-refractivity contribution in [2.75, 3.05) is 26.8 Å². The van der Waals surface area contributed by atoms with Crippen LogP contribution in [-0.2, 0) is 19.7 Å². The second-order valence-electron chi connectivity index (χ2n) is 9.12. The molecule has 8 nitrogen and oxygen atoms in total. The van der Waals surface area contributed by atoms with Gasteiger partial charge >= 0.3 is 0 Å². The normalized spacial score (nSPS) is 29.8. The molecule has 3 atom stereocenters. The Morgan fingerprint density at radius 1 is 1.31 bits per heavy atom. The van der Waals surface area contributed by atoms with Crippen molar-refractivity contribution in [2.24, 2.45) is 11.8 Å². The van der Waals surface area contributed by atoms with Crippen molar-refractivity contribution in [2.45, 2.75) is 69.7 Å². The van der Waals surface area contributed by atoms with Gasteiger partial charge < -0.3 is 19.5 Å². The van der Waals surface area contributed by atoms with E-state index in [1.807, 2.05) is 4.90 Å². The van der Waals surface area contributed by atoms with Gasteiger partial charge in [-0.05, 0) is 44.4 Å². The van der Waals surface area contributed by atoms with Crippen molar-refractivity contribution in [1.29, 1.82) is 0 Å². The molecule has 1 aliphatic heterocycles. The Kier molecular flexibility index (Phi) is 5.90. The lowest BCUT2D eigenvalue weighted by molar-refractivity contribution is -0.134. The molecule has 2 heterocycles.